The molecule has 1 rings (SSSR count). The molecule has 92 valence electrons. The van der Waals surface area contributed by atoms with Gasteiger partial charge in [-0.2, -0.15) is 5.10 Å². The molecule has 0 aliphatic heterocycles. The summed E-state index contributed by atoms with van der Waals surface area (Å²) in [5.41, 5.74) is 0. The third kappa shape index (κ3) is 5.43. The smallest absolute Gasteiger partial charge is 0.211 e. The van der Waals surface area contributed by atoms with Crippen molar-refractivity contribution in [2.24, 2.45) is 0 Å². The quantitative estimate of drug-likeness (QED) is 0.523. The normalized spacial score (nSPS) is 11.8. The third-order valence-electron chi connectivity index (χ3n) is 1.92. The van der Waals surface area contributed by atoms with Crippen LogP contribution in [0.3, 0.4) is 0 Å². The van der Waals surface area contributed by atoms with Crippen LogP contribution in [0.1, 0.15) is 18.7 Å². The Labute approximate surface area is 99.9 Å². The van der Waals surface area contributed by atoms with Crippen molar-refractivity contribution in [1.29, 1.82) is 0 Å². The molecule has 0 aliphatic rings. The van der Waals surface area contributed by atoms with Gasteiger partial charge in [0.25, 0.3) is 0 Å². The molecule has 16 heavy (non-hydrogen) atoms. The molecule has 8 heteroatoms. The van der Waals surface area contributed by atoms with Crippen LogP contribution in [0, 0.1) is 0 Å². The molecule has 0 bridgehead atoms. The van der Waals surface area contributed by atoms with Crippen LogP contribution >= 0.6 is 11.6 Å². The minimum atomic E-state index is -3.17. The number of hydrogen-bond donors (Lipinski definition) is 2. The Morgan fingerprint density at radius 1 is 1.44 bits per heavy atom. The number of H-pyrrole nitrogens is 1. The number of nitrogens with zero attached hydrogens (tertiary/aromatic N) is 2. The Balaban J connectivity index is 2.15. The summed E-state index contributed by atoms with van der Waals surface area (Å²) in [5.74, 6) is 1.21. The van der Waals surface area contributed by atoms with Gasteiger partial charge in [-0.15, -0.1) is 11.6 Å². The Morgan fingerprint density at radius 2 is 2.25 bits per heavy atom. The van der Waals surface area contributed by atoms with E-state index in [1.165, 1.54) is 6.33 Å². The van der Waals surface area contributed by atoms with Crippen molar-refractivity contribution in [1.82, 2.24) is 19.9 Å². The fourth-order valence-electron chi connectivity index (χ4n) is 1.15. The fraction of sp³-hybridized carbons (Fsp3) is 0.750. The van der Waals surface area contributed by atoms with Crippen LogP contribution < -0.4 is 4.72 Å². The van der Waals surface area contributed by atoms with Crippen LogP contribution in [0.2, 0.25) is 0 Å². The van der Waals surface area contributed by atoms with Gasteiger partial charge in [-0.05, 0) is 12.8 Å². The predicted octanol–water partition coefficient (Wildman–Crippen LogP) is 0.286. The Kier molecular flexibility index (Phi) is 5.72. The standard InChI is InChI=1S/C8H15ClN4O2S/c9-4-2-6-16(14,15)12-5-1-3-8-10-7-11-13-8/h7,12H,1-6H2,(H,10,11,13). The Bertz CT molecular complexity index is 379. The van der Waals surface area contributed by atoms with E-state index < -0.39 is 10.0 Å². The number of aromatic nitrogens is 3. The van der Waals surface area contributed by atoms with Crippen molar-refractivity contribution in [2.45, 2.75) is 19.3 Å². The molecule has 0 amide bonds. The summed E-state index contributed by atoms with van der Waals surface area (Å²) >= 11 is 5.42. The third-order valence-corrected chi connectivity index (χ3v) is 3.66. The molecular weight excluding hydrogens is 252 g/mol. The molecule has 1 aromatic heterocycles. The van der Waals surface area contributed by atoms with Gasteiger partial charge in [0.1, 0.15) is 12.2 Å². The molecule has 1 heterocycles. The summed E-state index contributed by atoms with van der Waals surface area (Å²) in [6.07, 6.45) is 3.27. The van der Waals surface area contributed by atoms with Gasteiger partial charge in [-0.1, -0.05) is 0 Å². The molecule has 1 aromatic rings. The maximum absolute atomic E-state index is 11.3. The lowest BCUT2D eigenvalue weighted by Crippen LogP contribution is -2.27. The van der Waals surface area contributed by atoms with Gasteiger partial charge in [-0.25, -0.2) is 18.1 Å². The highest BCUT2D eigenvalue weighted by molar-refractivity contribution is 7.89. The van der Waals surface area contributed by atoms with Crippen LogP contribution in [0.5, 0.6) is 0 Å². The van der Waals surface area contributed by atoms with E-state index in [-0.39, 0.29) is 5.75 Å². The first-order valence-corrected chi connectivity index (χ1v) is 7.20. The van der Waals surface area contributed by atoms with Crippen LogP contribution in [0.15, 0.2) is 6.33 Å². The van der Waals surface area contributed by atoms with Crippen molar-refractivity contribution in [3.05, 3.63) is 12.2 Å². The fourth-order valence-corrected chi connectivity index (χ4v) is 2.57. The molecule has 0 aromatic carbocycles. The first-order chi connectivity index (χ1) is 7.64. The van der Waals surface area contributed by atoms with Gasteiger partial charge in [0.2, 0.25) is 10.0 Å². The van der Waals surface area contributed by atoms with E-state index >= 15 is 0 Å². The maximum atomic E-state index is 11.3. The number of halogens is 1. The van der Waals surface area contributed by atoms with E-state index in [9.17, 15) is 8.42 Å². The van der Waals surface area contributed by atoms with E-state index in [4.69, 9.17) is 11.6 Å². The first-order valence-electron chi connectivity index (χ1n) is 5.01. The molecule has 0 atom stereocenters. The molecule has 0 saturated heterocycles. The molecule has 0 saturated carbocycles. The maximum Gasteiger partial charge on any atom is 0.211 e. The number of rotatable bonds is 8. The lowest BCUT2D eigenvalue weighted by molar-refractivity contribution is 0.577. The van der Waals surface area contributed by atoms with Gasteiger partial charge in [-0.3, -0.25) is 5.10 Å². The Hall–Kier alpha value is -0.660. The second-order valence-corrected chi connectivity index (χ2v) is 5.60. The molecule has 6 nitrogen and oxygen atoms in total. The van der Waals surface area contributed by atoms with Gasteiger partial charge in [0.05, 0.1) is 5.75 Å². The van der Waals surface area contributed by atoms with E-state index in [2.05, 4.69) is 19.9 Å². The monoisotopic (exact) mass is 266 g/mol. The van der Waals surface area contributed by atoms with Crippen molar-refractivity contribution >= 4 is 21.6 Å². The first kappa shape index (κ1) is 13.4. The average Bonchev–Trinajstić information content (AvgIpc) is 2.75. The molecule has 0 radical (unpaired) electrons. The average molecular weight is 267 g/mol. The molecule has 2 N–H and O–H groups in total. The van der Waals surface area contributed by atoms with Crippen molar-refractivity contribution in [2.75, 3.05) is 18.2 Å². The number of alkyl halides is 1. The van der Waals surface area contributed by atoms with E-state index in [0.717, 1.165) is 5.82 Å². The lowest BCUT2D eigenvalue weighted by atomic mass is 10.3. The summed E-state index contributed by atoms with van der Waals surface area (Å²) in [6, 6.07) is 0. The summed E-state index contributed by atoms with van der Waals surface area (Å²) in [6.45, 7) is 0.408. The van der Waals surface area contributed by atoms with E-state index in [1.807, 2.05) is 0 Å². The molecule has 0 spiro atoms. The van der Waals surface area contributed by atoms with Gasteiger partial charge in [0, 0.05) is 18.8 Å². The van der Waals surface area contributed by atoms with E-state index in [1.54, 1.807) is 0 Å². The van der Waals surface area contributed by atoms with E-state index in [0.29, 0.717) is 31.7 Å². The minimum Gasteiger partial charge on any atom is -0.263 e. The number of hydrogen-bond acceptors (Lipinski definition) is 4. The largest absolute Gasteiger partial charge is 0.263 e. The SMILES string of the molecule is O=S(=O)(CCCCl)NCCCc1ncn[nH]1. The number of aromatic amines is 1. The number of sulfonamides is 1. The zero-order valence-electron chi connectivity index (χ0n) is 8.82. The number of aryl methyl sites for hydroxylation is 1. The highest BCUT2D eigenvalue weighted by atomic mass is 35.5. The van der Waals surface area contributed by atoms with Crippen LogP contribution in [0.4, 0.5) is 0 Å². The van der Waals surface area contributed by atoms with Crippen LogP contribution in [-0.4, -0.2) is 41.8 Å². The molecule has 0 fully saturated rings. The van der Waals surface area contributed by atoms with Gasteiger partial charge >= 0.3 is 0 Å². The molecule has 0 aliphatic carbocycles. The summed E-state index contributed by atoms with van der Waals surface area (Å²) in [4.78, 5) is 3.94. The van der Waals surface area contributed by atoms with Crippen molar-refractivity contribution < 1.29 is 8.42 Å². The topological polar surface area (TPSA) is 87.7 Å². The highest BCUT2D eigenvalue weighted by Crippen LogP contribution is 1.95. The lowest BCUT2D eigenvalue weighted by Gasteiger charge is -2.04. The van der Waals surface area contributed by atoms with Gasteiger partial charge < -0.3 is 0 Å². The second-order valence-electron chi connectivity index (χ2n) is 3.29. The van der Waals surface area contributed by atoms with Gasteiger partial charge in [0.15, 0.2) is 0 Å². The molecular formula is C8H15ClN4O2S. The summed E-state index contributed by atoms with van der Waals surface area (Å²) in [5, 5.41) is 6.41. The van der Waals surface area contributed by atoms with Crippen molar-refractivity contribution in [3.63, 3.8) is 0 Å². The van der Waals surface area contributed by atoms with Crippen LogP contribution in [-0.2, 0) is 16.4 Å². The molecule has 0 unspecified atom stereocenters. The zero-order valence-corrected chi connectivity index (χ0v) is 10.4. The zero-order chi connectivity index (χ0) is 11.9. The summed E-state index contributed by atoms with van der Waals surface area (Å²) < 4.78 is 25.2. The van der Waals surface area contributed by atoms with Crippen molar-refractivity contribution in [3.8, 4) is 0 Å². The van der Waals surface area contributed by atoms with Crippen LogP contribution in [0.25, 0.3) is 0 Å². The Morgan fingerprint density at radius 3 is 2.88 bits per heavy atom. The minimum absolute atomic E-state index is 0.0822. The predicted molar refractivity (Wildman–Crippen MR) is 61.8 cm³/mol. The number of nitrogens with one attached hydrogen (secondary N) is 2. The highest BCUT2D eigenvalue weighted by Gasteiger charge is 2.08. The second kappa shape index (κ2) is 6.82. The summed E-state index contributed by atoms with van der Waals surface area (Å²) in [7, 11) is -3.17.